The number of nitrogens with one attached hydrogen (secondary N) is 1. The molecule has 1 aromatic carbocycles. The van der Waals surface area contributed by atoms with Crippen LogP contribution in [0.2, 0.25) is 0 Å². The van der Waals surface area contributed by atoms with Gasteiger partial charge >= 0.3 is 6.03 Å². The first-order valence-electron chi connectivity index (χ1n) is 6.38. The minimum absolute atomic E-state index is 0.0828. The molecule has 1 aliphatic heterocycles. The molecule has 4 N–H and O–H groups in total. The Morgan fingerprint density at radius 1 is 1.45 bits per heavy atom. The summed E-state index contributed by atoms with van der Waals surface area (Å²) in [6, 6.07) is 4.85. The van der Waals surface area contributed by atoms with E-state index in [1.54, 1.807) is 23.1 Å². The third kappa shape index (κ3) is 2.76. The molecule has 1 aliphatic rings. The van der Waals surface area contributed by atoms with Crippen molar-refractivity contribution in [1.29, 1.82) is 0 Å². The predicted molar refractivity (Wildman–Crippen MR) is 75.3 cm³/mol. The molecular weight excluding hydrogens is 260 g/mol. The van der Waals surface area contributed by atoms with Crippen LogP contribution in [0.1, 0.15) is 18.4 Å². The number of anilines is 1. The fourth-order valence-corrected chi connectivity index (χ4v) is 2.20. The monoisotopic (exact) mass is 278 g/mol. The number of nitrogens with zero attached hydrogens (tertiary/aromatic N) is 2. The number of para-hydroxylation sites is 1. The summed E-state index contributed by atoms with van der Waals surface area (Å²) < 4.78 is 5.22. The topological polar surface area (TPSA) is 100 Å². The van der Waals surface area contributed by atoms with Gasteiger partial charge in [-0.15, -0.1) is 0 Å². The number of amidine groups is 1. The van der Waals surface area contributed by atoms with Crippen LogP contribution in [0, 0.1) is 0 Å². The Bertz CT molecular complexity index is 524. The highest BCUT2D eigenvalue weighted by Crippen LogP contribution is 2.29. The first-order valence-corrected chi connectivity index (χ1v) is 6.38. The van der Waals surface area contributed by atoms with E-state index >= 15 is 0 Å². The molecule has 0 unspecified atom stereocenters. The maximum Gasteiger partial charge on any atom is 0.321 e. The summed E-state index contributed by atoms with van der Waals surface area (Å²) in [5.74, 6) is 0.377. The lowest BCUT2D eigenvalue weighted by molar-refractivity contribution is 0.222. The van der Waals surface area contributed by atoms with Crippen molar-refractivity contribution in [2.75, 3.05) is 25.5 Å². The SMILES string of the molecule is COc1cccc(/C(N)=N/O)c1NC(=O)N1CCCC1. The highest BCUT2D eigenvalue weighted by Gasteiger charge is 2.21. The smallest absolute Gasteiger partial charge is 0.321 e. The van der Waals surface area contributed by atoms with Crippen molar-refractivity contribution in [2.45, 2.75) is 12.8 Å². The molecule has 0 radical (unpaired) electrons. The number of nitrogens with two attached hydrogens (primary N) is 1. The van der Waals surface area contributed by atoms with Crippen molar-refractivity contribution in [2.24, 2.45) is 10.9 Å². The summed E-state index contributed by atoms with van der Waals surface area (Å²) in [5, 5.41) is 14.6. The number of likely N-dealkylation sites (tertiary alicyclic amines) is 1. The Labute approximate surface area is 117 Å². The minimum Gasteiger partial charge on any atom is -0.495 e. The van der Waals surface area contributed by atoms with Gasteiger partial charge in [-0.3, -0.25) is 0 Å². The van der Waals surface area contributed by atoms with Gasteiger partial charge in [0.2, 0.25) is 0 Å². The lowest BCUT2D eigenvalue weighted by Crippen LogP contribution is -2.33. The van der Waals surface area contributed by atoms with Gasteiger partial charge < -0.3 is 25.9 Å². The first-order chi connectivity index (χ1) is 9.67. The first kappa shape index (κ1) is 14.0. The number of methoxy groups -OCH3 is 1. The molecule has 1 saturated heterocycles. The van der Waals surface area contributed by atoms with Crippen molar-refractivity contribution in [3.63, 3.8) is 0 Å². The summed E-state index contributed by atoms with van der Waals surface area (Å²) in [5.41, 5.74) is 6.45. The van der Waals surface area contributed by atoms with Crippen molar-refractivity contribution < 1.29 is 14.7 Å². The summed E-state index contributed by atoms with van der Waals surface area (Å²) >= 11 is 0. The van der Waals surface area contributed by atoms with Crippen LogP contribution in [0.25, 0.3) is 0 Å². The molecule has 2 amide bonds. The van der Waals surface area contributed by atoms with Crippen molar-refractivity contribution in [3.8, 4) is 5.75 Å². The second kappa shape index (κ2) is 6.14. The van der Waals surface area contributed by atoms with Crippen LogP contribution in [0.15, 0.2) is 23.4 Å². The maximum atomic E-state index is 12.2. The molecule has 0 bridgehead atoms. The Morgan fingerprint density at radius 3 is 2.75 bits per heavy atom. The summed E-state index contributed by atoms with van der Waals surface area (Å²) in [7, 11) is 1.50. The predicted octanol–water partition coefficient (Wildman–Crippen LogP) is 1.42. The number of hydrogen-bond acceptors (Lipinski definition) is 4. The molecule has 108 valence electrons. The van der Waals surface area contributed by atoms with E-state index in [-0.39, 0.29) is 11.9 Å². The second-order valence-electron chi connectivity index (χ2n) is 4.49. The van der Waals surface area contributed by atoms with Gasteiger partial charge in [-0.2, -0.15) is 0 Å². The van der Waals surface area contributed by atoms with Crippen LogP contribution in [0.3, 0.4) is 0 Å². The third-order valence-corrected chi connectivity index (χ3v) is 3.26. The van der Waals surface area contributed by atoms with Gasteiger partial charge in [-0.25, -0.2) is 4.79 Å². The van der Waals surface area contributed by atoms with Gasteiger partial charge in [0.05, 0.1) is 12.8 Å². The van der Waals surface area contributed by atoms with Crippen LogP contribution in [0.5, 0.6) is 5.75 Å². The molecule has 2 rings (SSSR count). The van der Waals surface area contributed by atoms with Crippen LogP contribution in [0.4, 0.5) is 10.5 Å². The molecule has 20 heavy (non-hydrogen) atoms. The fraction of sp³-hybridized carbons (Fsp3) is 0.385. The van der Waals surface area contributed by atoms with E-state index in [4.69, 9.17) is 15.7 Å². The summed E-state index contributed by atoms with van der Waals surface area (Å²) in [6.07, 6.45) is 2.01. The van der Waals surface area contributed by atoms with Gasteiger partial charge in [-0.05, 0) is 25.0 Å². The van der Waals surface area contributed by atoms with Crippen molar-refractivity contribution >= 4 is 17.6 Å². The van der Waals surface area contributed by atoms with E-state index in [1.165, 1.54) is 7.11 Å². The van der Waals surface area contributed by atoms with Crippen LogP contribution >= 0.6 is 0 Å². The largest absolute Gasteiger partial charge is 0.495 e. The van der Waals surface area contributed by atoms with Crippen molar-refractivity contribution in [1.82, 2.24) is 4.90 Å². The van der Waals surface area contributed by atoms with Gasteiger partial charge in [0.1, 0.15) is 5.75 Å². The number of carbonyl (C=O) groups is 1. The Hall–Kier alpha value is -2.44. The molecule has 0 atom stereocenters. The quantitative estimate of drug-likeness (QED) is 0.337. The highest BCUT2D eigenvalue weighted by molar-refractivity contribution is 6.06. The van der Waals surface area contributed by atoms with Crippen molar-refractivity contribution in [3.05, 3.63) is 23.8 Å². The number of urea groups is 1. The molecular formula is C13H18N4O3. The van der Waals surface area contributed by atoms with Gasteiger partial charge in [-0.1, -0.05) is 11.2 Å². The molecule has 7 heteroatoms. The standard InChI is InChI=1S/C13H18N4O3/c1-20-10-6-4-5-9(12(14)16-19)11(10)15-13(18)17-7-2-3-8-17/h4-6,19H,2-3,7-8H2,1H3,(H2,14,16)(H,15,18). The normalized spacial score (nSPS) is 15.2. The molecule has 1 heterocycles. The minimum atomic E-state index is -0.209. The molecule has 1 fully saturated rings. The number of ether oxygens (including phenoxy) is 1. The number of hydrogen-bond donors (Lipinski definition) is 3. The van der Waals surface area contributed by atoms with Crippen LogP contribution in [-0.2, 0) is 0 Å². The van der Waals surface area contributed by atoms with E-state index in [0.29, 0.717) is 17.0 Å². The maximum absolute atomic E-state index is 12.2. The van der Waals surface area contributed by atoms with Crippen LogP contribution < -0.4 is 15.8 Å². The third-order valence-electron chi connectivity index (χ3n) is 3.26. The van der Waals surface area contributed by atoms with E-state index < -0.39 is 0 Å². The zero-order valence-corrected chi connectivity index (χ0v) is 11.3. The number of oxime groups is 1. The molecule has 0 saturated carbocycles. The van der Waals surface area contributed by atoms with Gasteiger partial charge in [0.15, 0.2) is 5.84 Å². The lowest BCUT2D eigenvalue weighted by Gasteiger charge is -2.19. The number of rotatable bonds is 3. The molecule has 0 aliphatic carbocycles. The van der Waals surface area contributed by atoms with E-state index in [9.17, 15) is 4.79 Å². The number of amides is 2. The molecule has 0 aromatic heterocycles. The Balaban J connectivity index is 2.30. The second-order valence-corrected chi connectivity index (χ2v) is 4.49. The molecule has 7 nitrogen and oxygen atoms in total. The zero-order valence-electron chi connectivity index (χ0n) is 11.3. The average molecular weight is 278 g/mol. The van der Waals surface area contributed by atoms with E-state index in [0.717, 1.165) is 25.9 Å². The summed E-state index contributed by atoms with van der Waals surface area (Å²) in [4.78, 5) is 13.9. The zero-order chi connectivity index (χ0) is 14.5. The van der Waals surface area contributed by atoms with Gasteiger partial charge in [0, 0.05) is 18.7 Å². The fourth-order valence-electron chi connectivity index (χ4n) is 2.20. The molecule has 0 spiro atoms. The highest BCUT2D eigenvalue weighted by atomic mass is 16.5. The lowest BCUT2D eigenvalue weighted by atomic mass is 10.1. The number of benzene rings is 1. The molecule has 1 aromatic rings. The van der Waals surface area contributed by atoms with E-state index in [2.05, 4.69) is 10.5 Å². The Morgan fingerprint density at radius 2 is 2.15 bits per heavy atom. The summed E-state index contributed by atoms with van der Waals surface area (Å²) in [6.45, 7) is 1.47. The average Bonchev–Trinajstić information content (AvgIpc) is 3.01. The Kier molecular flexibility index (Phi) is 4.29. The van der Waals surface area contributed by atoms with Crippen LogP contribution in [-0.4, -0.2) is 42.2 Å². The van der Waals surface area contributed by atoms with Gasteiger partial charge in [0.25, 0.3) is 0 Å². The number of carbonyl (C=O) groups excluding carboxylic acids is 1. The van der Waals surface area contributed by atoms with E-state index in [1.807, 2.05) is 0 Å².